The summed E-state index contributed by atoms with van der Waals surface area (Å²) >= 11 is 11.8. The number of halogens is 2. The molecule has 2 rings (SSSR count). The molecule has 1 aliphatic carbocycles. The quantitative estimate of drug-likeness (QED) is 0.429. The van der Waals surface area contributed by atoms with E-state index in [0.717, 1.165) is 0 Å². The molecule has 1 fully saturated rings. The van der Waals surface area contributed by atoms with Gasteiger partial charge in [0.05, 0.1) is 31.0 Å². The van der Waals surface area contributed by atoms with E-state index in [0.29, 0.717) is 0 Å². The number of anilines is 1. The summed E-state index contributed by atoms with van der Waals surface area (Å²) in [6.45, 7) is 0.907. The van der Waals surface area contributed by atoms with Gasteiger partial charge < -0.3 is 19.5 Å². The van der Waals surface area contributed by atoms with Gasteiger partial charge in [-0.15, -0.1) is 23.2 Å². The van der Waals surface area contributed by atoms with Crippen LogP contribution in [-0.2, 0) is 23.8 Å². The molecule has 0 saturated heterocycles. The van der Waals surface area contributed by atoms with Crippen molar-refractivity contribution in [2.75, 3.05) is 26.1 Å². The van der Waals surface area contributed by atoms with Crippen molar-refractivity contribution in [2.24, 2.45) is 5.41 Å². The van der Waals surface area contributed by atoms with E-state index < -0.39 is 40.2 Å². The molecule has 0 bridgehead atoms. The molecule has 1 aromatic carbocycles. The van der Waals surface area contributed by atoms with Crippen molar-refractivity contribution in [3.8, 4) is 0 Å². The molecule has 0 aliphatic heterocycles. The van der Waals surface area contributed by atoms with Gasteiger partial charge in [-0.2, -0.15) is 0 Å². The van der Waals surface area contributed by atoms with Gasteiger partial charge in [-0.3, -0.25) is 9.59 Å². The molecular formula is C17H17Cl2NO7. The average molecular weight is 418 g/mol. The summed E-state index contributed by atoms with van der Waals surface area (Å²) in [6.07, 6.45) is 0.219. The van der Waals surface area contributed by atoms with Gasteiger partial charge in [-0.05, 0) is 25.1 Å². The van der Waals surface area contributed by atoms with E-state index in [-0.39, 0.29) is 23.2 Å². The number of ether oxygens (including phenoxy) is 3. The van der Waals surface area contributed by atoms with E-state index in [2.05, 4.69) is 14.8 Å². The lowest BCUT2D eigenvalue weighted by Crippen LogP contribution is -2.27. The normalized spacial score (nSPS) is 19.6. The van der Waals surface area contributed by atoms with Gasteiger partial charge in [0.1, 0.15) is 9.75 Å². The molecule has 1 aromatic rings. The van der Waals surface area contributed by atoms with E-state index in [1.165, 1.54) is 39.3 Å². The minimum atomic E-state index is -1.21. The number of methoxy groups -OCH3 is 2. The van der Waals surface area contributed by atoms with Gasteiger partial charge >= 0.3 is 17.9 Å². The predicted molar refractivity (Wildman–Crippen MR) is 95.9 cm³/mol. The molecule has 0 spiro atoms. The number of nitrogens with one attached hydrogen (secondary N) is 1. The van der Waals surface area contributed by atoms with Crippen molar-refractivity contribution in [3.63, 3.8) is 0 Å². The smallest absolute Gasteiger partial charge is 0.339 e. The van der Waals surface area contributed by atoms with Crippen LogP contribution in [0.4, 0.5) is 5.69 Å². The lowest BCUT2D eigenvalue weighted by Gasteiger charge is -2.13. The minimum Gasteiger partial charge on any atom is -0.465 e. The third kappa shape index (κ3) is 4.33. The van der Waals surface area contributed by atoms with E-state index in [4.69, 9.17) is 27.9 Å². The van der Waals surface area contributed by atoms with Gasteiger partial charge in [0.25, 0.3) is 5.91 Å². The van der Waals surface area contributed by atoms with Crippen LogP contribution in [0, 0.1) is 5.41 Å². The number of hydrogen-bond acceptors (Lipinski definition) is 7. The van der Waals surface area contributed by atoms with Crippen molar-refractivity contribution >= 4 is 52.7 Å². The zero-order valence-electron chi connectivity index (χ0n) is 14.8. The molecule has 10 heteroatoms. The Morgan fingerprint density at radius 1 is 1.11 bits per heavy atom. The first kappa shape index (κ1) is 21.0. The highest BCUT2D eigenvalue weighted by Crippen LogP contribution is 2.64. The predicted octanol–water partition coefficient (Wildman–Crippen LogP) is 2.33. The van der Waals surface area contributed by atoms with Crippen LogP contribution in [0.15, 0.2) is 18.2 Å². The molecule has 1 atom stereocenters. The Hall–Kier alpha value is -2.32. The fourth-order valence-corrected chi connectivity index (χ4v) is 2.97. The second-order valence-corrected chi connectivity index (χ2v) is 7.57. The fraction of sp³-hybridized carbons (Fsp3) is 0.412. The van der Waals surface area contributed by atoms with E-state index >= 15 is 0 Å². The van der Waals surface area contributed by atoms with Gasteiger partial charge in [-0.1, -0.05) is 0 Å². The summed E-state index contributed by atoms with van der Waals surface area (Å²) in [5, 5.41) is 2.40. The summed E-state index contributed by atoms with van der Waals surface area (Å²) in [7, 11) is 2.37. The number of carbonyl (C=O) groups is 4. The summed E-state index contributed by atoms with van der Waals surface area (Å²) in [5.74, 6) is -2.82. The van der Waals surface area contributed by atoms with Gasteiger partial charge in [0.15, 0.2) is 6.61 Å². The Labute approximate surface area is 165 Å². The maximum Gasteiger partial charge on any atom is 0.339 e. The number of carbonyl (C=O) groups excluding carboxylic acids is 4. The van der Waals surface area contributed by atoms with Crippen LogP contribution in [0.2, 0.25) is 0 Å². The van der Waals surface area contributed by atoms with Crippen molar-refractivity contribution < 1.29 is 33.4 Å². The first-order valence-electron chi connectivity index (χ1n) is 7.71. The third-order valence-corrected chi connectivity index (χ3v) is 5.26. The van der Waals surface area contributed by atoms with Crippen molar-refractivity contribution in [1.29, 1.82) is 0 Å². The zero-order valence-corrected chi connectivity index (χ0v) is 16.3. The van der Waals surface area contributed by atoms with E-state index in [1.54, 1.807) is 0 Å². The van der Waals surface area contributed by atoms with Crippen molar-refractivity contribution in [3.05, 3.63) is 29.3 Å². The summed E-state index contributed by atoms with van der Waals surface area (Å²) in [4.78, 5) is 47.6. The van der Waals surface area contributed by atoms with Crippen LogP contribution in [0.25, 0.3) is 0 Å². The molecule has 146 valence electrons. The van der Waals surface area contributed by atoms with Crippen molar-refractivity contribution in [1.82, 2.24) is 0 Å². The molecule has 27 heavy (non-hydrogen) atoms. The maximum absolute atomic E-state index is 12.1. The summed E-state index contributed by atoms with van der Waals surface area (Å²) < 4.78 is 13.0. The molecule has 8 nitrogen and oxygen atoms in total. The summed E-state index contributed by atoms with van der Waals surface area (Å²) in [5.41, 5.74) is -0.942. The molecule has 1 unspecified atom stereocenters. The molecule has 1 aliphatic rings. The highest BCUT2D eigenvalue weighted by atomic mass is 35.5. The highest BCUT2D eigenvalue weighted by molar-refractivity contribution is 6.53. The number of benzene rings is 1. The lowest BCUT2D eigenvalue weighted by atomic mass is 10.1. The maximum atomic E-state index is 12.1. The van der Waals surface area contributed by atoms with E-state index in [9.17, 15) is 19.2 Å². The molecule has 1 N–H and O–H groups in total. The van der Waals surface area contributed by atoms with Crippen LogP contribution in [-0.4, -0.2) is 49.0 Å². The van der Waals surface area contributed by atoms with Crippen LogP contribution in [0.5, 0.6) is 0 Å². The number of alkyl halides is 2. The van der Waals surface area contributed by atoms with Gasteiger partial charge in [0.2, 0.25) is 0 Å². The van der Waals surface area contributed by atoms with Crippen LogP contribution in [0.1, 0.15) is 34.1 Å². The van der Waals surface area contributed by atoms with Crippen LogP contribution < -0.4 is 5.32 Å². The van der Waals surface area contributed by atoms with Gasteiger partial charge in [0, 0.05) is 6.42 Å². The van der Waals surface area contributed by atoms with Crippen LogP contribution in [0.3, 0.4) is 0 Å². The van der Waals surface area contributed by atoms with E-state index in [1.807, 2.05) is 0 Å². The van der Waals surface area contributed by atoms with Crippen molar-refractivity contribution in [2.45, 2.75) is 17.7 Å². The molecular weight excluding hydrogens is 401 g/mol. The fourth-order valence-electron chi connectivity index (χ4n) is 2.28. The second-order valence-electron chi connectivity index (χ2n) is 6.08. The Kier molecular flexibility index (Phi) is 6.01. The largest absolute Gasteiger partial charge is 0.465 e. The first-order chi connectivity index (χ1) is 12.6. The number of hydrogen-bond donors (Lipinski definition) is 1. The summed E-state index contributed by atoms with van der Waals surface area (Å²) in [6, 6.07) is 3.91. The molecule has 0 heterocycles. The number of rotatable bonds is 6. The number of esters is 3. The van der Waals surface area contributed by atoms with Gasteiger partial charge in [-0.25, -0.2) is 9.59 Å². The van der Waals surface area contributed by atoms with Crippen LogP contribution >= 0.6 is 23.2 Å². The molecule has 0 radical (unpaired) electrons. The minimum absolute atomic E-state index is 0.00691. The Bertz CT molecular complexity index is 808. The monoisotopic (exact) mass is 417 g/mol. The Balaban J connectivity index is 2.10. The highest BCUT2D eigenvalue weighted by Gasteiger charge is 2.69. The second kappa shape index (κ2) is 7.74. The lowest BCUT2D eigenvalue weighted by molar-refractivity contribution is -0.152. The number of amides is 1. The zero-order chi connectivity index (χ0) is 20.4. The molecule has 1 amide bonds. The molecule has 1 saturated carbocycles. The first-order valence-corrected chi connectivity index (χ1v) is 8.47. The Morgan fingerprint density at radius 2 is 1.70 bits per heavy atom. The topological polar surface area (TPSA) is 108 Å². The SMILES string of the molecule is COC(=O)c1ccc(C(=O)OC)c(NC(=O)COC(=O)C2(C)CC2(Cl)Cl)c1. The standard InChI is InChI=1S/C17H17Cl2NO7/c1-16(8-17(16,18)19)15(24)27-7-12(21)20-11-6-9(13(22)25-2)4-5-10(11)14(23)26-3/h4-6H,7-8H2,1-3H3,(H,20,21). The third-order valence-electron chi connectivity index (χ3n) is 4.16. The average Bonchev–Trinajstić information content (AvgIpc) is 3.17. The Morgan fingerprint density at radius 3 is 2.22 bits per heavy atom. The molecule has 0 aromatic heterocycles.